The number of aliphatic hydroxyl groups is 5. The molecule has 1 heterocycles. The summed E-state index contributed by atoms with van der Waals surface area (Å²) in [4.78, 5) is 12.9. The lowest BCUT2D eigenvalue weighted by Crippen LogP contribution is -2.60. The zero-order valence-electron chi connectivity index (χ0n) is 34.0. The van der Waals surface area contributed by atoms with Gasteiger partial charge in [-0.3, -0.25) is 4.79 Å². The molecule has 0 radical (unpaired) electrons. The summed E-state index contributed by atoms with van der Waals surface area (Å²) >= 11 is 0. The number of unbranched alkanes of at least 4 members (excludes halogenated alkanes) is 24. The molecule has 53 heavy (non-hydrogen) atoms. The van der Waals surface area contributed by atoms with Crippen LogP contribution in [0.2, 0.25) is 0 Å². The molecule has 2 unspecified atom stereocenters. The van der Waals surface area contributed by atoms with Gasteiger partial charge in [-0.25, -0.2) is 0 Å². The summed E-state index contributed by atoms with van der Waals surface area (Å²) in [5, 5.41) is 54.1. The Labute approximate surface area is 324 Å². The first-order valence-corrected chi connectivity index (χ1v) is 22.0. The fourth-order valence-electron chi connectivity index (χ4n) is 6.95. The van der Waals surface area contributed by atoms with Crippen molar-refractivity contribution in [3.05, 3.63) is 24.3 Å². The van der Waals surface area contributed by atoms with Crippen LogP contribution in [0.4, 0.5) is 0 Å². The van der Waals surface area contributed by atoms with Gasteiger partial charge < -0.3 is 40.3 Å². The summed E-state index contributed by atoms with van der Waals surface area (Å²) in [6.07, 6.45) is 33.7. The van der Waals surface area contributed by atoms with E-state index < -0.39 is 49.5 Å². The van der Waals surface area contributed by atoms with Crippen molar-refractivity contribution in [2.24, 2.45) is 0 Å². The van der Waals surface area contributed by atoms with Gasteiger partial charge >= 0.3 is 0 Å². The second-order valence-corrected chi connectivity index (χ2v) is 15.5. The van der Waals surface area contributed by atoms with Crippen LogP contribution in [0, 0.1) is 0 Å². The molecule has 0 aromatic carbocycles. The van der Waals surface area contributed by atoms with Gasteiger partial charge in [0.2, 0.25) is 5.91 Å². The topological polar surface area (TPSA) is 149 Å². The minimum Gasteiger partial charge on any atom is -0.394 e. The molecule has 9 nitrogen and oxygen atoms in total. The van der Waals surface area contributed by atoms with Crippen molar-refractivity contribution in [3.8, 4) is 0 Å². The van der Waals surface area contributed by atoms with Crippen molar-refractivity contribution in [1.82, 2.24) is 5.32 Å². The molecule has 1 aliphatic heterocycles. The molecule has 7 atom stereocenters. The van der Waals surface area contributed by atoms with E-state index >= 15 is 0 Å². The first kappa shape index (κ1) is 49.7. The number of carbonyl (C=O) groups excluding carboxylic acids is 1. The van der Waals surface area contributed by atoms with Crippen LogP contribution < -0.4 is 5.32 Å². The van der Waals surface area contributed by atoms with E-state index in [1.165, 1.54) is 141 Å². The van der Waals surface area contributed by atoms with E-state index in [9.17, 15) is 30.3 Å². The summed E-state index contributed by atoms with van der Waals surface area (Å²) in [6.45, 7) is 3.75. The standard InChI is InChI=1S/C44H83NO8/c1-3-5-7-9-11-13-15-17-18-19-20-22-24-26-28-30-32-34-40(48)45-37(36-52-44-43(51)42(50)41(49)39(35-46)53-44)38(47)33-31-29-27-25-23-21-16-14-12-10-8-6-4-2/h29-32,37-39,41-44,46-47,49-51H,3-28,33-36H2,1-2H3,(H,45,48)/t37-,38+,39+,41+,42?,43?,44+/m0/s1. The van der Waals surface area contributed by atoms with Crippen LogP contribution in [0.5, 0.6) is 0 Å². The third-order valence-corrected chi connectivity index (χ3v) is 10.6. The van der Waals surface area contributed by atoms with E-state index in [-0.39, 0.29) is 18.9 Å². The quantitative estimate of drug-likeness (QED) is 0.0275. The van der Waals surface area contributed by atoms with Crippen LogP contribution in [0.25, 0.3) is 0 Å². The highest BCUT2D eigenvalue weighted by atomic mass is 16.7. The van der Waals surface area contributed by atoms with Gasteiger partial charge in [0.15, 0.2) is 6.29 Å². The summed E-state index contributed by atoms with van der Waals surface area (Å²) in [7, 11) is 0. The van der Waals surface area contributed by atoms with Crippen molar-refractivity contribution < 1.29 is 39.8 Å². The lowest BCUT2D eigenvalue weighted by molar-refractivity contribution is -0.302. The number of hydrogen-bond acceptors (Lipinski definition) is 8. The molecule has 1 saturated heterocycles. The predicted octanol–water partition coefficient (Wildman–Crippen LogP) is 8.72. The molecule has 0 aromatic heterocycles. The number of rotatable bonds is 36. The number of aliphatic hydroxyl groups excluding tert-OH is 5. The molecule has 6 N–H and O–H groups in total. The smallest absolute Gasteiger partial charge is 0.224 e. The van der Waals surface area contributed by atoms with Gasteiger partial charge in [-0.15, -0.1) is 0 Å². The molecular weight excluding hydrogens is 670 g/mol. The van der Waals surface area contributed by atoms with Crippen LogP contribution in [0.1, 0.15) is 194 Å². The molecule has 0 saturated carbocycles. The van der Waals surface area contributed by atoms with Crippen LogP contribution in [0.3, 0.4) is 0 Å². The van der Waals surface area contributed by atoms with E-state index in [1.807, 2.05) is 18.2 Å². The number of allylic oxidation sites excluding steroid dienone is 2. The highest BCUT2D eigenvalue weighted by molar-refractivity contribution is 5.77. The zero-order valence-corrected chi connectivity index (χ0v) is 34.0. The first-order chi connectivity index (χ1) is 25.8. The number of amides is 1. The number of ether oxygens (including phenoxy) is 2. The summed E-state index contributed by atoms with van der Waals surface area (Å²) in [5.74, 6) is -0.252. The van der Waals surface area contributed by atoms with Gasteiger partial charge in [-0.2, -0.15) is 0 Å². The van der Waals surface area contributed by atoms with Gasteiger partial charge in [-0.1, -0.05) is 179 Å². The monoisotopic (exact) mass is 754 g/mol. The SMILES string of the molecule is CCCCCCCCCCCCC=CC[C@@H](O)[C@H](CO[C@@H]1O[C@H](CO)[C@@H](O)C(O)C1O)NC(=O)CC=CCCCCCCCCCCCCCCCC. The molecule has 312 valence electrons. The van der Waals surface area contributed by atoms with Gasteiger partial charge in [0.25, 0.3) is 0 Å². The molecule has 1 rings (SSSR count). The molecule has 9 heteroatoms. The Morgan fingerprint density at radius 3 is 1.51 bits per heavy atom. The predicted molar refractivity (Wildman–Crippen MR) is 217 cm³/mol. The minimum atomic E-state index is -1.57. The lowest BCUT2D eigenvalue weighted by Gasteiger charge is -2.40. The molecule has 0 bridgehead atoms. The van der Waals surface area contributed by atoms with Crippen molar-refractivity contribution in [3.63, 3.8) is 0 Å². The Kier molecular flexibility index (Phi) is 32.9. The van der Waals surface area contributed by atoms with E-state index in [0.29, 0.717) is 6.42 Å². The largest absolute Gasteiger partial charge is 0.394 e. The third-order valence-electron chi connectivity index (χ3n) is 10.6. The van der Waals surface area contributed by atoms with E-state index in [0.717, 1.165) is 25.7 Å². The first-order valence-electron chi connectivity index (χ1n) is 22.0. The van der Waals surface area contributed by atoms with E-state index in [4.69, 9.17) is 9.47 Å². The maximum atomic E-state index is 12.9. The maximum absolute atomic E-state index is 12.9. The fraction of sp³-hybridized carbons (Fsp3) is 0.886. The Morgan fingerprint density at radius 1 is 0.623 bits per heavy atom. The van der Waals surface area contributed by atoms with Crippen LogP contribution >= 0.6 is 0 Å². The Balaban J connectivity index is 2.40. The number of carbonyl (C=O) groups is 1. The van der Waals surface area contributed by atoms with Gasteiger partial charge in [0.1, 0.15) is 24.4 Å². The second kappa shape index (κ2) is 35.1. The summed E-state index contributed by atoms with van der Waals surface area (Å²) in [6, 6.07) is -0.795. The van der Waals surface area contributed by atoms with Crippen molar-refractivity contribution in [2.45, 2.75) is 236 Å². The maximum Gasteiger partial charge on any atom is 0.224 e. The molecule has 1 fully saturated rings. The van der Waals surface area contributed by atoms with E-state index in [2.05, 4.69) is 25.2 Å². The molecule has 1 amide bonds. The molecule has 1 aliphatic rings. The fourth-order valence-corrected chi connectivity index (χ4v) is 6.95. The number of nitrogens with one attached hydrogen (secondary N) is 1. The van der Waals surface area contributed by atoms with Crippen molar-refractivity contribution in [2.75, 3.05) is 13.2 Å². The highest BCUT2D eigenvalue weighted by Crippen LogP contribution is 2.22. The lowest BCUT2D eigenvalue weighted by atomic mass is 9.99. The average Bonchev–Trinajstić information content (AvgIpc) is 3.16. The third kappa shape index (κ3) is 26.2. The normalized spacial score (nSPS) is 21.8. The van der Waals surface area contributed by atoms with Gasteiger partial charge in [-0.05, 0) is 32.1 Å². The minimum absolute atomic E-state index is 0.177. The second-order valence-electron chi connectivity index (χ2n) is 15.5. The highest BCUT2D eigenvalue weighted by Gasteiger charge is 2.44. The molecule has 0 aliphatic carbocycles. The van der Waals surface area contributed by atoms with Gasteiger partial charge in [0.05, 0.1) is 25.4 Å². The zero-order chi connectivity index (χ0) is 38.8. The average molecular weight is 754 g/mol. The number of hydrogen-bond donors (Lipinski definition) is 6. The Morgan fingerprint density at radius 2 is 1.06 bits per heavy atom. The Hall–Kier alpha value is -1.33. The summed E-state index contributed by atoms with van der Waals surface area (Å²) < 4.78 is 11.2. The summed E-state index contributed by atoms with van der Waals surface area (Å²) in [5.41, 5.74) is 0. The van der Waals surface area contributed by atoms with Crippen molar-refractivity contribution in [1.29, 1.82) is 0 Å². The molecule has 0 spiro atoms. The molecule has 0 aromatic rings. The van der Waals surface area contributed by atoms with Crippen LogP contribution in [-0.4, -0.2) is 87.5 Å². The van der Waals surface area contributed by atoms with Crippen molar-refractivity contribution >= 4 is 5.91 Å². The van der Waals surface area contributed by atoms with Gasteiger partial charge in [0, 0.05) is 6.42 Å². The Bertz CT molecular complexity index is 883. The molecular formula is C44H83NO8. The van der Waals surface area contributed by atoms with Crippen LogP contribution in [0.15, 0.2) is 24.3 Å². The van der Waals surface area contributed by atoms with Crippen LogP contribution in [-0.2, 0) is 14.3 Å². The van der Waals surface area contributed by atoms with E-state index in [1.54, 1.807) is 0 Å².